The van der Waals surface area contributed by atoms with Gasteiger partial charge in [-0.15, -0.1) is 10.2 Å². The average molecular weight is 617 g/mol. The van der Waals surface area contributed by atoms with Crippen molar-refractivity contribution in [3.63, 3.8) is 0 Å². The van der Waals surface area contributed by atoms with Gasteiger partial charge in [0.25, 0.3) is 0 Å². The first-order valence-electron chi connectivity index (χ1n) is 15.8. The zero-order valence-corrected chi connectivity index (χ0v) is 26.5. The van der Waals surface area contributed by atoms with E-state index in [2.05, 4.69) is 55.0 Å². The van der Waals surface area contributed by atoms with Gasteiger partial charge >= 0.3 is 6.09 Å². The van der Waals surface area contributed by atoms with Crippen molar-refractivity contribution in [1.29, 1.82) is 0 Å². The summed E-state index contributed by atoms with van der Waals surface area (Å²) >= 11 is 0. The second-order valence-electron chi connectivity index (χ2n) is 12.3. The SMILES string of the molecule is CC(C)(C)OC(=O)NCCCCCCCC(=O)N1CCN(c2ccc(-c3cnc(NCc4ccco4)n4cnnc34)cc2)CC1. The fourth-order valence-corrected chi connectivity index (χ4v) is 5.39. The molecule has 4 heterocycles. The molecule has 1 fully saturated rings. The summed E-state index contributed by atoms with van der Waals surface area (Å²) in [6.07, 6.45) is 10.2. The van der Waals surface area contributed by atoms with Gasteiger partial charge in [-0.1, -0.05) is 31.4 Å². The van der Waals surface area contributed by atoms with Crippen LogP contribution in [0, 0.1) is 0 Å². The number of fused-ring (bicyclic) bond motifs is 1. The van der Waals surface area contributed by atoms with E-state index < -0.39 is 5.60 Å². The van der Waals surface area contributed by atoms with Crippen molar-refractivity contribution < 1.29 is 18.7 Å². The number of unbranched alkanes of at least 4 members (excludes halogenated alkanes) is 4. The summed E-state index contributed by atoms with van der Waals surface area (Å²) in [5.41, 5.74) is 3.29. The van der Waals surface area contributed by atoms with Crippen LogP contribution in [0.1, 0.15) is 65.1 Å². The van der Waals surface area contributed by atoms with E-state index in [0.29, 0.717) is 25.5 Å². The highest BCUT2D eigenvalue weighted by Crippen LogP contribution is 2.27. The van der Waals surface area contributed by atoms with Crippen molar-refractivity contribution in [1.82, 2.24) is 29.8 Å². The molecule has 0 bridgehead atoms. The monoisotopic (exact) mass is 616 g/mol. The number of nitrogens with one attached hydrogen (secondary N) is 2. The van der Waals surface area contributed by atoms with Gasteiger partial charge in [0.05, 0.1) is 12.8 Å². The molecule has 0 spiro atoms. The molecular formula is C33H44N8O4. The second-order valence-corrected chi connectivity index (χ2v) is 12.3. The number of aromatic nitrogens is 4. The van der Waals surface area contributed by atoms with Crippen LogP contribution in [0.3, 0.4) is 0 Å². The van der Waals surface area contributed by atoms with E-state index in [4.69, 9.17) is 9.15 Å². The number of amides is 2. The van der Waals surface area contributed by atoms with Crippen LogP contribution in [-0.4, -0.2) is 74.8 Å². The highest BCUT2D eigenvalue weighted by atomic mass is 16.6. The standard InChI is InChI=1S/C33H44N8O4/c1-33(2,3)45-32(43)34-16-8-6-4-5-7-11-29(42)40-19-17-39(18-20-40)26-14-12-25(13-15-26)28-23-36-31(41-24-37-38-30(28)41)35-22-27-10-9-21-44-27/h9-10,12-15,21,23-24H,4-8,11,16-20,22H2,1-3H3,(H,34,43)(H,35,36). The highest BCUT2D eigenvalue weighted by molar-refractivity contribution is 5.79. The Balaban J connectivity index is 1.02. The van der Waals surface area contributed by atoms with Crippen LogP contribution in [0.4, 0.5) is 16.4 Å². The van der Waals surface area contributed by atoms with Crippen LogP contribution in [-0.2, 0) is 16.1 Å². The number of carbonyl (C=O) groups excluding carboxylic acids is 2. The Kier molecular flexibility index (Phi) is 10.5. The molecule has 0 atom stereocenters. The Morgan fingerprint density at radius 3 is 2.47 bits per heavy atom. The summed E-state index contributed by atoms with van der Waals surface area (Å²) in [5.74, 6) is 1.70. The van der Waals surface area contributed by atoms with E-state index in [1.54, 1.807) is 12.6 Å². The van der Waals surface area contributed by atoms with Crippen molar-refractivity contribution in [2.75, 3.05) is 42.9 Å². The summed E-state index contributed by atoms with van der Waals surface area (Å²) in [7, 11) is 0. The summed E-state index contributed by atoms with van der Waals surface area (Å²) in [6.45, 7) is 9.76. The molecule has 0 aliphatic carbocycles. The molecule has 240 valence electrons. The van der Waals surface area contributed by atoms with Gasteiger partial charge in [0.1, 0.15) is 17.7 Å². The molecule has 5 rings (SSSR count). The first-order chi connectivity index (χ1) is 21.8. The second kappa shape index (κ2) is 14.9. The number of carbonyl (C=O) groups is 2. The number of rotatable bonds is 13. The number of benzene rings is 1. The molecule has 4 aromatic rings. The van der Waals surface area contributed by atoms with E-state index >= 15 is 0 Å². The van der Waals surface area contributed by atoms with Gasteiger partial charge in [-0.25, -0.2) is 9.78 Å². The number of alkyl carbamates (subject to hydrolysis) is 1. The van der Waals surface area contributed by atoms with Crippen LogP contribution >= 0.6 is 0 Å². The summed E-state index contributed by atoms with van der Waals surface area (Å²) in [4.78, 5) is 33.4. The molecule has 12 nitrogen and oxygen atoms in total. The van der Waals surface area contributed by atoms with E-state index in [-0.39, 0.29) is 12.0 Å². The molecule has 45 heavy (non-hydrogen) atoms. The smallest absolute Gasteiger partial charge is 0.407 e. The Hall–Kier alpha value is -4.61. The molecule has 1 saturated heterocycles. The Bertz CT molecular complexity index is 1520. The number of furan rings is 1. The lowest BCUT2D eigenvalue weighted by Gasteiger charge is -2.36. The number of piperazine rings is 1. The van der Waals surface area contributed by atoms with Crippen molar-refractivity contribution in [2.45, 2.75) is 71.4 Å². The van der Waals surface area contributed by atoms with Crippen LogP contribution in [0.15, 0.2) is 59.6 Å². The predicted molar refractivity (Wildman–Crippen MR) is 173 cm³/mol. The minimum atomic E-state index is -0.478. The first-order valence-corrected chi connectivity index (χ1v) is 15.8. The van der Waals surface area contributed by atoms with Crippen LogP contribution < -0.4 is 15.5 Å². The van der Waals surface area contributed by atoms with Crippen molar-refractivity contribution >= 4 is 29.3 Å². The molecule has 2 amide bonds. The normalized spacial score (nSPS) is 13.7. The summed E-state index contributed by atoms with van der Waals surface area (Å²) in [6, 6.07) is 12.2. The number of hydrogen-bond donors (Lipinski definition) is 2. The molecule has 1 aliphatic heterocycles. The molecule has 1 aliphatic rings. The van der Waals surface area contributed by atoms with E-state index in [1.807, 2.05) is 48.4 Å². The fraction of sp³-hybridized carbons (Fsp3) is 0.485. The minimum absolute atomic E-state index is 0.239. The van der Waals surface area contributed by atoms with Gasteiger partial charge in [0.15, 0.2) is 5.65 Å². The van der Waals surface area contributed by atoms with Crippen LogP contribution in [0.5, 0.6) is 0 Å². The first kappa shape index (κ1) is 31.8. The Morgan fingerprint density at radius 2 is 1.73 bits per heavy atom. The molecule has 3 aromatic heterocycles. The largest absolute Gasteiger partial charge is 0.467 e. The third-order valence-electron chi connectivity index (χ3n) is 7.75. The molecule has 2 N–H and O–H groups in total. The van der Waals surface area contributed by atoms with Gasteiger partial charge < -0.3 is 29.6 Å². The highest BCUT2D eigenvalue weighted by Gasteiger charge is 2.21. The van der Waals surface area contributed by atoms with E-state index in [0.717, 1.165) is 86.5 Å². The Labute approximate surface area is 264 Å². The number of ether oxygens (including phenoxy) is 1. The molecule has 1 aromatic carbocycles. The maximum Gasteiger partial charge on any atom is 0.407 e. The molecule has 12 heteroatoms. The zero-order chi connectivity index (χ0) is 31.6. The molecule has 0 radical (unpaired) electrons. The maximum absolute atomic E-state index is 12.8. The van der Waals surface area contributed by atoms with Gasteiger partial charge in [0.2, 0.25) is 11.9 Å². The lowest BCUT2D eigenvalue weighted by Crippen LogP contribution is -2.48. The maximum atomic E-state index is 12.8. The molecule has 0 saturated carbocycles. The van der Waals surface area contributed by atoms with E-state index in [1.165, 1.54) is 0 Å². The average Bonchev–Trinajstić information content (AvgIpc) is 3.74. The lowest BCUT2D eigenvalue weighted by molar-refractivity contribution is -0.131. The number of hydrogen-bond acceptors (Lipinski definition) is 9. The predicted octanol–water partition coefficient (Wildman–Crippen LogP) is 5.51. The third-order valence-corrected chi connectivity index (χ3v) is 7.75. The van der Waals surface area contributed by atoms with Gasteiger partial charge in [-0.05, 0) is 63.4 Å². The molecular weight excluding hydrogens is 572 g/mol. The van der Waals surface area contributed by atoms with Crippen LogP contribution in [0.25, 0.3) is 16.8 Å². The zero-order valence-electron chi connectivity index (χ0n) is 26.5. The van der Waals surface area contributed by atoms with Crippen LogP contribution in [0.2, 0.25) is 0 Å². The summed E-state index contributed by atoms with van der Waals surface area (Å²) in [5, 5.41) is 14.5. The number of nitrogens with zero attached hydrogens (tertiary/aromatic N) is 6. The Morgan fingerprint density at radius 1 is 0.978 bits per heavy atom. The number of anilines is 2. The van der Waals surface area contributed by atoms with Crippen molar-refractivity contribution in [2.24, 2.45) is 0 Å². The van der Waals surface area contributed by atoms with E-state index in [9.17, 15) is 9.59 Å². The van der Waals surface area contributed by atoms with Gasteiger partial charge in [-0.3, -0.25) is 9.20 Å². The quantitative estimate of drug-likeness (QED) is 0.187. The third kappa shape index (κ3) is 8.96. The van der Waals surface area contributed by atoms with Gasteiger partial charge in [0, 0.05) is 56.6 Å². The van der Waals surface area contributed by atoms with Crippen molar-refractivity contribution in [3.05, 3.63) is 60.9 Å². The minimum Gasteiger partial charge on any atom is -0.467 e. The topological polar surface area (TPSA) is 130 Å². The van der Waals surface area contributed by atoms with Gasteiger partial charge in [-0.2, -0.15) is 0 Å². The fourth-order valence-electron chi connectivity index (χ4n) is 5.39. The lowest BCUT2D eigenvalue weighted by atomic mass is 10.1. The molecule has 0 unspecified atom stereocenters. The summed E-state index contributed by atoms with van der Waals surface area (Å²) < 4.78 is 12.5. The van der Waals surface area contributed by atoms with Crippen molar-refractivity contribution in [3.8, 4) is 11.1 Å².